The van der Waals surface area contributed by atoms with Crippen LogP contribution in [0.5, 0.6) is 0 Å². The Balaban J connectivity index is 0.00000144. The molecular formula is C10H14ClIN2OS2. The van der Waals surface area contributed by atoms with Gasteiger partial charge in [0.25, 0.3) is 0 Å². The first kappa shape index (κ1) is 15.6. The van der Waals surface area contributed by atoms with Crippen LogP contribution in [0.25, 0.3) is 0 Å². The van der Waals surface area contributed by atoms with Gasteiger partial charge in [-0.1, -0.05) is 0 Å². The molecule has 1 amide bonds. The normalized spacial score (nSPS) is 18.8. The molecule has 1 unspecified atom stereocenters. The molecule has 3 nitrogen and oxygen atoms in total. The molecule has 1 atom stereocenters. The summed E-state index contributed by atoms with van der Waals surface area (Å²) >= 11 is 5.88. The van der Waals surface area contributed by atoms with Crippen molar-refractivity contribution in [2.24, 2.45) is 0 Å². The van der Waals surface area contributed by atoms with Gasteiger partial charge in [0.2, 0.25) is 5.91 Å². The Labute approximate surface area is 129 Å². The van der Waals surface area contributed by atoms with E-state index < -0.39 is 0 Å². The molecule has 1 fully saturated rings. The second kappa shape index (κ2) is 7.83. The van der Waals surface area contributed by atoms with Gasteiger partial charge in [0.15, 0.2) is 0 Å². The Hall–Kier alpha value is 0.500. The van der Waals surface area contributed by atoms with E-state index in [1.807, 2.05) is 0 Å². The van der Waals surface area contributed by atoms with Crippen molar-refractivity contribution in [1.29, 1.82) is 0 Å². The van der Waals surface area contributed by atoms with E-state index in [0.717, 1.165) is 24.6 Å². The third-order valence-corrected chi connectivity index (χ3v) is 5.23. The Morgan fingerprint density at radius 3 is 3.00 bits per heavy atom. The maximum atomic E-state index is 11.7. The highest BCUT2D eigenvalue weighted by molar-refractivity contribution is 14.1. The van der Waals surface area contributed by atoms with Crippen molar-refractivity contribution in [3.05, 3.63) is 19.9 Å². The topological polar surface area (TPSA) is 41.1 Å². The Kier molecular flexibility index (Phi) is 7.17. The van der Waals surface area contributed by atoms with E-state index in [4.69, 9.17) is 0 Å². The lowest BCUT2D eigenvalue weighted by atomic mass is 10.3. The van der Waals surface area contributed by atoms with Crippen LogP contribution < -0.4 is 10.6 Å². The zero-order chi connectivity index (χ0) is 11.4. The summed E-state index contributed by atoms with van der Waals surface area (Å²) in [6, 6.07) is 4.24. The number of amides is 1. The minimum atomic E-state index is 0. The zero-order valence-corrected chi connectivity index (χ0v) is 13.7. The molecule has 7 heteroatoms. The summed E-state index contributed by atoms with van der Waals surface area (Å²) in [5.41, 5.74) is 0. The molecule has 0 aromatic carbocycles. The van der Waals surface area contributed by atoms with Gasteiger partial charge >= 0.3 is 0 Å². The summed E-state index contributed by atoms with van der Waals surface area (Å²) in [4.78, 5) is 13.0. The predicted octanol–water partition coefficient (Wildman–Crippen LogP) is 2.10. The minimum Gasteiger partial charge on any atom is -0.354 e. The number of carbonyl (C=O) groups excluding carboxylic acids is 1. The average molecular weight is 405 g/mol. The molecule has 1 aliphatic heterocycles. The summed E-state index contributed by atoms with van der Waals surface area (Å²) < 4.78 is 1.30. The van der Waals surface area contributed by atoms with Crippen LogP contribution in [0.3, 0.4) is 0 Å². The second-order valence-electron chi connectivity index (χ2n) is 3.52. The van der Waals surface area contributed by atoms with E-state index in [9.17, 15) is 4.79 Å². The number of hydrogen-bond acceptors (Lipinski definition) is 4. The van der Waals surface area contributed by atoms with Crippen molar-refractivity contribution in [3.63, 3.8) is 0 Å². The average Bonchev–Trinajstić information content (AvgIpc) is 2.89. The molecule has 0 saturated carbocycles. The fourth-order valence-electron chi connectivity index (χ4n) is 1.48. The first-order valence-corrected chi connectivity index (χ1v) is 8.14. The standard InChI is InChI=1S/C10H13IN2OS2.ClH/c11-9-2-1-7(16-9)3-4-12-10(14)8-5-15-6-13-8;/h1-2,8,13H,3-6H2,(H,12,14);1H. The van der Waals surface area contributed by atoms with Crippen molar-refractivity contribution in [2.75, 3.05) is 18.2 Å². The van der Waals surface area contributed by atoms with Gasteiger partial charge < -0.3 is 5.32 Å². The van der Waals surface area contributed by atoms with Crippen molar-refractivity contribution in [2.45, 2.75) is 12.5 Å². The van der Waals surface area contributed by atoms with Gasteiger partial charge in [-0.2, -0.15) is 0 Å². The Morgan fingerprint density at radius 1 is 1.59 bits per heavy atom. The molecule has 1 aliphatic rings. The fourth-order valence-corrected chi connectivity index (χ4v) is 4.18. The summed E-state index contributed by atoms with van der Waals surface area (Å²) in [5.74, 6) is 1.92. The van der Waals surface area contributed by atoms with Crippen molar-refractivity contribution in [3.8, 4) is 0 Å². The highest BCUT2D eigenvalue weighted by Crippen LogP contribution is 2.18. The summed E-state index contributed by atoms with van der Waals surface area (Å²) in [7, 11) is 0. The fraction of sp³-hybridized carbons (Fsp3) is 0.500. The molecule has 1 aromatic heterocycles. The highest BCUT2D eigenvalue weighted by Gasteiger charge is 2.21. The third kappa shape index (κ3) is 4.94. The van der Waals surface area contributed by atoms with E-state index in [1.54, 1.807) is 23.1 Å². The lowest BCUT2D eigenvalue weighted by Gasteiger charge is -2.09. The van der Waals surface area contributed by atoms with E-state index in [0.29, 0.717) is 0 Å². The molecule has 0 aliphatic carbocycles. The van der Waals surface area contributed by atoms with Gasteiger partial charge in [-0.05, 0) is 41.1 Å². The summed E-state index contributed by atoms with van der Waals surface area (Å²) in [6.45, 7) is 0.734. The lowest BCUT2D eigenvalue weighted by molar-refractivity contribution is -0.122. The van der Waals surface area contributed by atoms with Crippen molar-refractivity contribution >= 4 is 64.0 Å². The van der Waals surface area contributed by atoms with Gasteiger partial charge in [0.1, 0.15) is 0 Å². The zero-order valence-electron chi connectivity index (χ0n) is 9.07. The van der Waals surface area contributed by atoms with Gasteiger partial charge in [-0.3, -0.25) is 10.1 Å². The van der Waals surface area contributed by atoms with Gasteiger partial charge in [-0.25, -0.2) is 0 Å². The smallest absolute Gasteiger partial charge is 0.238 e. The third-order valence-electron chi connectivity index (χ3n) is 2.33. The van der Waals surface area contributed by atoms with Crippen molar-refractivity contribution in [1.82, 2.24) is 10.6 Å². The van der Waals surface area contributed by atoms with Crippen LogP contribution in [-0.4, -0.2) is 30.1 Å². The number of hydrogen-bond donors (Lipinski definition) is 2. The van der Waals surface area contributed by atoms with Crippen LogP contribution in [0.2, 0.25) is 0 Å². The Morgan fingerprint density at radius 2 is 2.41 bits per heavy atom. The Bertz CT molecular complexity index is 369. The molecule has 2 rings (SSSR count). The van der Waals surface area contributed by atoms with E-state index >= 15 is 0 Å². The number of rotatable bonds is 4. The summed E-state index contributed by atoms with van der Waals surface area (Å²) in [6.07, 6.45) is 0.930. The molecule has 0 radical (unpaired) electrons. The number of thiophene rings is 1. The molecule has 1 aromatic rings. The predicted molar refractivity (Wildman–Crippen MR) is 85.2 cm³/mol. The van der Waals surface area contributed by atoms with E-state index in [1.165, 1.54) is 7.76 Å². The molecule has 0 bridgehead atoms. The summed E-state index contributed by atoms with van der Waals surface area (Å²) in [5, 5.41) is 6.13. The van der Waals surface area contributed by atoms with Gasteiger partial charge in [0, 0.05) is 23.1 Å². The number of thioether (sulfide) groups is 1. The molecule has 17 heavy (non-hydrogen) atoms. The SMILES string of the molecule is Cl.O=C(NCCc1ccc(I)s1)C1CSCN1. The van der Waals surface area contributed by atoms with Crippen LogP contribution in [0.4, 0.5) is 0 Å². The first-order chi connectivity index (χ1) is 7.75. The number of halogens is 2. The van der Waals surface area contributed by atoms with Gasteiger partial charge in [0.05, 0.1) is 8.93 Å². The van der Waals surface area contributed by atoms with Crippen molar-refractivity contribution < 1.29 is 4.79 Å². The van der Waals surface area contributed by atoms with E-state index in [-0.39, 0.29) is 24.4 Å². The molecular weight excluding hydrogens is 391 g/mol. The van der Waals surface area contributed by atoms with Crippen LogP contribution in [0.1, 0.15) is 4.88 Å². The molecule has 0 spiro atoms. The minimum absolute atomic E-state index is 0. The lowest BCUT2D eigenvalue weighted by Crippen LogP contribution is -2.42. The molecule has 96 valence electrons. The molecule has 2 N–H and O–H groups in total. The second-order valence-corrected chi connectivity index (χ2v) is 7.61. The first-order valence-electron chi connectivity index (χ1n) is 5.09. The maximum absolute atomic E-state index is 11.7. The largest absolute Gasteiger partial charge is 0.354 e. The van der Waals surface area contributed by atoms with E-state index in [2.05, 4.69) is 45.4 Å². The quantitative estimate of drug-likeness (QED) is 0.755. The monoisotopic (exact) mass is 404 g/mol. The van der Waals surface area contributed by atoms with Crippen LogP contribution in [0, 0.1) is 2.88 Å². The highest BCUT2D eigenvalue weighted by atomic mass is 127. The van der Waals surface area contributed by atoms with Crippen LogP contribution in [0.15, 0.2) is 12.1 Å². The molecule has 1 saturated heterocycles. The van der Waals surface area contributed by atoms with Gasteiger partial charge in [-0.15, -0.1) is 35.5 Å². The number of nitrogens with one attached hydrogen (secondary N) is 2. The number of carbonyl (C=O) groups is 1. The maximum Gasteiger partial charge on any atom is 0.238 e. The molecule has 2 heterocycles. The van der Waals surface area contributed by atoms with Crippen LogP contribution >= 0.6 is 58.1 Å². The van der Waals surface area contributed by atoms with Crippen LogP contribution in [-0.2, 0) is 11.2 Å².